The molecule has 210 valence electrons. The highest BCUT2D eigenvalue weighted by molar-refractivity contribution is 7.92. The number of aromatic nitrogens is 1. The predicted molar refractivity (Wildman–Crippen MR) is 164 cm³/mol. The van der Waals surface area contributed by atoms with Crippen LogP contribution in [0, 0.1) is 0 Å². The number of carbonyl (C=O) groups is 1. The lowest BCUT2D eigenvalue weighted by Gasteiger charge is -2.19. The number of rotatable bonds is 7. The number of halogens is 1. The number of amides is 1. The summed E-state index contributed by atoms with van der Waals surface area (Å²) >= 11 is 6.04. The van der Waals surface area contributed by atoms with Crippen LogP contribution in [0.4, 0.5) is 10.5 Å². The van der Waals surface area contributed by atoms with E-state index in [9.17, 15) is 13.2 Å². The van der Waals surface area contributed by atoms with E-state index in [0.29, 0.717) is 27.2 Å². The summed E-state index contributed by atoms with van der Waals surface area (Å²) in [4.78, 5) is 16.1. The average molecular weight is 588 g/mol. The van der Waals surface area contributed by atoms with Gasteiger partial charge in [0.2, 0.25) is 5.88 Å². The summed E-state index contributed by atoms with van der Waals surface area (Å²) in [6, 6.07) is 28.7. The third-order valence-corrected chi connectivity index (χ3v) is 8.26. The van der Waals surface area contributed by atoms with Crippen molar-refractivity contribution in [2.24, 2.45) is 0 Å². The van der Waals surface area contributed by atoms with E-state index in [4.69, 9.17) is 16.3 Å². The third kappa shape index (κ3) is 6.56. The van der Waals surface area contributed by atoms with E-state index in [1.807, 2.05) is 54.6 Å². The van der Waals surface area contributed by atoms with E-state index in [2.05, 4.69) is 35.8 Å². The summed E-state index contributed by atoms with van der Waals surface area (Å²) < 4.78 is 34.8. The second kappa shape index (κ2) is 11.3. The van der Waals surface area contributed by atoms with Crippen LogP contribution in [-0.4, -0.2) is 19.5 Å². The van der Waals surface area contributed by atoms with Crippen LogP contribution in [0.3, 0.4) is 0 Å². The van der Waals surface area contributed by atoms with E-state index in [1.54, 1.807) is 42.5 Å². The minimum Gasteiger partial charge on any atom is -0.393 e. The minimum atomic E-state index is -3.84. The Morgan fingerprint density at radius 2 is 1.63 bits per heavy atom. The lowest BCUT2D eigenvalue weighted by Crippen LogP contribution is -2.26. The van der Waals surface area contributed by atoms with Crippen molar-refractivity contribution >= 4 is 44.3 Å². The van der Waals surface area contributed by atoms with Crippen LogP contribution in [0.15, 0.2) is 102 Å². The SMILES string of the molecule is CC(C)(C)c1ccc(S(=O)(=O)Nc2ccc3[nH]c(OC(=O)NCc4cccc(Cl)c4)c(-c4ccccc4)c3c2)cc1. The molecular weight excluding hydrogens is 558 g/mol. The van der Waals surface area contributed by atoms with Crippen LogP contribution in [0.25, 0.3) is 22.0 Å². The first kappa shape index (κ1) is 28.3. The van der Waals surface area contributed by atoms with Crippen LogP contribution in [0.2, 0.25) is 5.02 Å². The summed E-state index contributed by atoms with van der Waals surface area (Å²) in [5.41, 5.74) is 4.28. The van der Waals surface area contributed by atoms with Gasteiger partial charge in [-0.2, -0.15) is 0 Å². The van der Waals surface area contributed by atoms with Crippen molar-refractivity contribution in [3.8, 4) is 17.0 Å². The Bertz CT molecular complexity index is 1810. The molecule has 0 atom stereocenters. The first-order valence-corrected chi connectivity index (χ1v) is 14.9. The van der Waals surface area contributed by atoms with Gasteiger partial charge in [-0.1, -0.05) is 87.0 Å². The number of sulfonamides is 1. The molecule has 5 aromatic rings. The molecule has 0 radical (unpaired) electrons. The highest BCUT2D eigenvalue weighted by atomic mass is 35.5. The molecule has 0 saturated carbocycles. The number of benzene rings is 4. The second-order valence-electron chi connectivity index (χ2n) is 10.7. The molecule has 0 aliphatic carbocycles. The van der Waals surface area contributed by atoms with Crippen molar-refractivity contribution in [2.75, 3.05) is 4.72 Å². The van der Waals surface area contributed by atoms with Crippen molar-refractivity contribution in [3.63, 3.8) is 0 Å². The fraction of sp³-hybridized carbons (Fsp3) is 0.156. The quantitative estimate of drug-likeness (QED) is 0.180. The predicted octanol–water partition coefficient (Wildman–Crippen LogP) is 7.88. The van der Waals surface area contributed by atoms with Gasteiger partial charge in [-0.05, 0) is 64.6 Å². The molecule has 9 heteroatoms. The summed E-state index contributed by atoms with van der Waals surface area (Å²) in [6.07, 6.45) is -0.645. The zero-order valence-corrected chi connectivity index (χ0v) is 24.4. The Hall–Kier alpha value is -4.27. The van der Waals surface area contributed by atoms with E-state index < -0.39 is 16.1 Å². The molecule has 0 spiro atoms. The fourth-order valence-corrected chi connectivity index (χ4v) is 5.76. The fourth-order valence-electron chi connectivity index (χ4n) is 4.50. The normalized spacial score (nSPS) is 11.8. The summed E-state index contributed by atoms with van der Waals surface area (Å²) in [5.74, 6) is 0.243. The number of nitrogens with one attached hydrogen (secondary N) is 3. The molecule has 0 bridgehead atoms. The van der Waals surface area contributed by atoms with E-state index in [1.165, 1.54) is 0 Å². The maximum Gasteiger partial charge on any atom is 0.414 e. The summed E-state index contributed by atoms with van der Waals surface area (Å²) in [7, 11) is -3.84. The van der Waals surface area contributed by atoms with Crippen LogP contribution >= 0.6 is 11.6 Å². The lowest BCUT2D eigenvalue weighted by atomic mass is 9.87. The van der Waals surface area contributed by atoms with Crippen LogP contribution in [0.5, 0.6) is 5.88 Å². The first-order chi connectivity index (χ1) is 19.5. The third-order valence-electron chi connectivity index (χ3n) is 6.63. The molecule has 0 aliphatic rings. The van der Waals surface area contributed by atoms with Crippen molar-refractivity contribution in [1.29, 1.82) is 0 Å². The molecule has 1 aromatic heterocycles. The number of hydrogen-bond donors (Lipinski definition) is 3. The molecule has 1 heterocycles. The number of aromatic amines is 1. The van der Waals surface area contributed by atoms with Gasteiger partial charge >= 0.3 is 6.09 Å². The number of carbonyl (C=O) groups excluding carboxylic acids is 1. The van der Waals surface area contributed by atoms with Gasteiger partial charge in [0.1, 0.15) is 0 Å². The Morgan fingerprint density at radius 3 is 2.32 bits per heavy atom. The van der Waals surface area contributed by atoms with Crippen LogP contribution < -0.4 is 14.8 Å². The minimum absolute atomic E-state index is 0.0885. The highest BCUT2D eigenvalue weighted by Crippen LogP contribution is 2.39. The Morgan fingerprint density at radius 1 is 0.902 bits per heavy atom. The largest absolute Gasteiger partial charge is 0.414 e. The Labute approximate surface area is 244 Å². The number of ether oxygens (including phenoxy) is 1. The molecule has 1 amide bonds. The molecule has 5 rings (SSSR count). The molecule has 7 nitrogen and oxygen atoms in total. The number of H-pyrrole nitrogens is 1. The smallest absolute Gasteiger partial charge is 0.393 e. The molecule has 3 N–H and O–H groups in total. The highest BCUT2D eigenvalue weighted by Gasteiger charge is 2.21. The van der Waals surface area contributed by atoms with Gasteiger partial charge in [-0.25, -0.2) is 13.2 Å². The van der Waals surface area contributed by atoms with Crippen LogP contribution in [-0.2, 0) is 22.0 Å². The van der Waals surface area contributed by atoms with Crippen LogP contribution in [0.1, 0.15) is 31.9 Å². The Balaban J connectivity index is 1.44. The van der Waals surface area contributed by atoms with E-state index in [-0.39, 0.29) is 22.7 Å². The molecule has 0 aliphatic heterocycles. The zero-order chi connectivity index (χ0) is 29.2. The second-order valence-corrected chi connectivity index (χ2v) is 12.8. The van der Waals surface area contributed by atoms with Gasteiger partial charge in [-0.3, -0.25) is 4.72 Å². The van der Waals surface area contributed by atoms with Gasteiger partial charge in [0.25, 0.3) is 10.0 Å². The molecule has 4 aromatic carbocycles. The van der Waals surface area contributed by atoms with E-state index >= 15 is 0 Å². The first-order valence-electron chi connectivity index (χ1n) is 13.0. The van der Waals surface area contributed by atoms with Gasteiger partial charge in [0, 0.05) is 28.2 Å². The standard InChI is InChI=1S/C32H30ClN3O4S/c1-32(2,3)23-12-15-26(16-13-23)41(38,39)36-25-14-17-28-27(19-25)29(22-9-5-4-6-10-22)30(35-28)40-31(37)34-20-21-8-7-11-24(33)18-21/h4-19,35-36H,20H2,1-3H3,(H,34,37). The molecule has 0 saturated heterocycles. The molecule has 0 fully saturated rings. The number of hydrogen-bond acceptors (Lipinski definition) is 4. The maximum absolute atomic E-state index is 13.2. The topological polar surface area (TPSA) is 100 Å². The molecule has 0 unspecified atom stereocenters. The monoisotopic (exact) mass is 587 g/mol. The number of fused-ring (bicyclic) bond motifs is 1. The number of anilines is 1. The summed E-state index contributed by atoms with van der Waals surface area (Å²) in [6.45, 7) is 6.47. The average Bonchev–Trinajstić information content (AvgIpc) is 3.28. The maximum atomic E-state index is 13.2. The van der Waals surface area contributed by atoms with Crippen molar-refractivity contribution in [2.45, 2.75) is 37.6 Å². The van der Waals surface area contributed by atoms with Gasteiger partial charge in [0.05, 0.1) is 10.5 Å². The van der Waals surface area contributed by atoms with E-state index in [0.717, 1.165) is 16.7 Å². The molecular formula is C32H30ClN3O4S. The lowest BCUT2D eigenvalue weighted by molar-refractivity contribution is 0.198. The molecule has 41 heavy (non-hydrogen) atoms. The van der Waals surface area contributed by atoms with Crippen molar-refractivity contribution < 1.29 is 17.9 Å². The van der Waals surface area contributed by atoms with Gasteiger partial charge in [-0.15, -0.1) is 0 Å². The summed E-state index contributed by atoms with van der Waals surface area (Å²) in [5, 5.41) is 4.01. The van der Waals surface area contributed by atoms with Gasteiger partial charge in [0.15, 0.2) is 0 Å². The zero-order valence-electron chi connectivity index (χ0n) is 22.9. The van der Waals surface area contributed by atoms with Crippen molar-refractivity contribution in [1.82, 2.24) is 10.3 Å². The van der Waals surface area contributed by atoms with Gasteiger partial charge < -0.3 is 15.0 Å². The Kier molecular flexibility index (Phi) is 7.80. The van der Waals surface area contributed by atoms with Crippen molar-refractivity contribution in [3.05, 3.63) is 113 Å².